The van der Waals surface area contributed by atoms with Crippen LogP contribution in [-0.2, 0) is 22.9 Å². The summed E-state index contributed by atoms with van der Waals surface area (Å²) in [4.78, 5) is 12.5. The highest BCUT2D eigenvalue weighted by Gasteiger charge is 2.27. The maximum atomic E-state index is 13.0. The second kappa shape index (κ2) is 13.0. The number of halogens is 1. The molecule has 1 unspecified atom stereocenters. The number of pyridine rings is 2. The van der Waals surface area contributed by atoms with Gasteiger partial charge in [0, 0.05) is 68.3 Å². The molecule has 2 aliphatic heterocycles. The molecule has 4 heterocycles. The number of benzene rings is 2. The average molecular weight is 634 g/mol. The van der Waals surface area contributed by atoms with Gasteiger partial charge in [0.1, 0.15) is 5.82 Å². The van der Waals surface area contributed by atoms with Gasteiger partial charge < -0.3 is 21.3 Å². The van der Waals surface area contributed by atoms with Crippen molar-refractivity contribution in [2.45, 2.75) is 49.5 Å². The maximum absolute atomic E-state index is 13.0. The molecule has 44 heavy (non-hydrogen) atoms. The number of nitrogens with zero attached hydrogens (tertiary/aromatic N) is 4. The van der Waals surface area contributed by atoms with Crippen LogP contribution in [0.2, 0.25) is 0 Å². The van der Waals surface area contributed by atoms with Crippen molar-refractivity contribution in [3.05, 3.63) is 72.1 Å². The summed E-state index contributed by atoms with van der Waals surface area (Å²) in [5.41, 5.74) is 14.4. The van der Waals surface area contributed by atoms with Crippen LogP contribution in [0.15, 0.2) is 65.7 Å². The molecule has 1 atom stereocenters. The van der Waals surface area contributed by atoms with E-state index < -0.39 is 10.0 Å². The number of hydrogen-bond donors (Lipinski definition) is 3. The third-order valence-electron chi connectivity index (χ3n) is 8.96. The summed E-state index contributed by atoms with van der Waals surface area (Å²) in [5.74, 6) is 0.695. The van der Waals surface area contributed by atoms with Crippen molar-refractivity contribution in [2.24, 2.45) is 5.73 Å². The zero-order chi connectivity index (χ0) is 29.4. The zero-order valence-corrected chi connectivity index (χ0v) is 26.5. The predicted octanol–water partition coefficient (Wildman–Crippen LogP) is 4.86. The Bertz CT molecular complexity index is 1740. The van der Waals surface area contributed by atoms with E-state index in [0.717, 1.165) is 54.7 Å². The van der Waals surface area contributed by atoms with Crippen molar-refractivity contribution in [2.75, 3.05) is 49.5 Å². The molecule has 2 aromatic carbocycles. The summed E-state index contributed by atoms with van der Waals surface area (Å²) in [5, 5.41) is 7.75. The van der Waals surface area contributed by atoms with Gasteiger partial charge in [-0.15, -0.1) is 12.4 Å². The molecule has 0 radical (unpaired) electrons. The van der Waals surface area contributed by atoms with Gasteiger partial charge in [0.15, 0.2) is 0 Å². The number of nitrogens with one attached hydrogen (secondary N) is 2. The van der Waals surface area contributed by atoms with Crippen LogP contribution in [-0.4, -0.2) is 68.0 Å². The van der Waals surface area contributed by atoms with Crippen LogP contribution in [0.25, 0.3) is 22.0 Å². The molecule has 2 saturated heterocycles. The van der Waals surface area contributed by atoms with Gasteiger partial charge in [-0.1, -0.05) is 12.5 Å². The molecule has 0 spiro atoms. The van der Waals surface area contributed by atoms with E-state index in [4.69, 9.17) is 10.7 Å². The Morgan fingerprint density at radius 3 is 2.45 bits per heavy atom. The first kappa shape index (κ1) is 30.7. The molecule has 232 valence electrons. The van der Waals surface area contributed by atoms with Crippen molar-refractivity contribution < 1.29 is 8.42 Å². The van der Waals surface area contributed by atoms with Crippen LogP contribution in [0, 0.1) is 0 Å². The van der Waals surface area contributed by atoms with Crippen LogP contribution in [0.1, 0.15) is 36.9 Å². The highest BCUT2D eigenvalue weighted by Crippen LogP contribution is 2.39. The van der Waals surface area contributed by atoms with Crippen molar-refractivity contribution in [1.82, 2.24) is 19.6 Å². The summed E-state index contributed by atoms with van der Waals surface area (Å²) in [6, 6.07) is 17.8. The molecule has 0 bridgehead atoms. The SMILES string of the molecule is Cl.NC1CCN(c2c3c(nc4ccc(-c5ccnc(Nc6ccc(S(=O)(=O)N7CCNCC7)cc6)c5)cc24)CCCCC3)C1. The number of aryl methyl sites for hydroxylation is 1. The second-order valence-corrected chi connectivity index (χ2v) is 13.8. The van der Waals surface area contributed by atoms with E-state index in [1.165, 1.54) is 45.9 Å². The molecule has 0 amide bonds. The minimum absolute atomic E-state index is 0. The molecule has 9 nitrogen and oxygen atoms in total. The lowest BCUT2D eigenvalue weighted by Crippen LogP contribution is -2.46. The van der Waals surface area contributed by atoms with E-state index >= 15 is 0 Å². The van der Waals surface area contributed by atoms with Gasteiger partial charge >= 0.3 is 0 Å². The van der Waals surface area contributed by atoms with Crippen molar-refractivity contribution in [3.63, 3.8) is 0 Å². The molecule has 2 fully saturated rings. The Labute approximate surface area is 265 Å². The van der Waals surface area contributed by atoms with Gasteiger partial charge in [-0.05, 0) is 97.3 Å². The third-order valence-corrected chi connectivity index (χ3v) is 10.9. The maximum Gasteiger partial charge on any atom is 0.243 e. The van der Waals surface area contributed by atoms with Gasteiger partial charge in [0.25, 0.3) is 0 Å². The lowest BCUT2D eigenvalue weighted by molar-refractivity contribution is 0.360. The van der Waals surface area contributed by atoms with E-state index in [0.29, 0.717) is 36.9 Å². The lowest BCUT2D eigenvalue weighted by Gasteiger charge is -2.26. The summed E-state index contributed by atoms with van der Waals surface area (Å²) in [6.45, 7) is 4.18. The molecular formula is C33H40ClN7O2S. The van der Waals surface area contributed by atoms with Gasteiger partial charge in [-0.3, -0.25) is 4.98 Å². The van der Waals surface area contributed by atoms with Gasteiger partial charge in [-0.2, -0.15) is 4.31 Å². The van der Waals surface area contributed by atoms with Gasteiger partial charge in [0.2, 0.25) is 10.0 Å². The fraction of sp³-hybridized carbons (Fsp3) is 0.394. The fourth-order valence-electron chi connectivity index (χ4n) is 6.68. The number of hydrogen-bond acceptors (Lipinski definition) is 8. The predicted molar refractivity (Wildman–Crippen MR) is 180 cm³/mol. The van der Waals surface area contributed by atoms with Gasteiger partial charge in [-0.25, -0.2) is 13.4 Å². The Balaban J connectivity index is 0.00000343. The number of anilines is 3. The highest BCUT2D eigenvalue weighted by atomic mass is 35.5. The first-order chi connectivity index (χ1) is 21.0. The van der Waals surface area contributed by atoms with Crippen molar-refractivity contribution in [1.29, 1.82) is 0 Å². The number of sulfonamides is 1. The topological polar surface area (TPSA) is 116 Å². The summed E-state index contributed by atoms with van der Waals surface area (Å²) < 4.78 is 27.6. The molecule has 0 saturated carbocycles. The molecule has 3 aliphatic rings. The van der Waals surface area contributed by atoms with E-state index in [9.17, 15) is 8.42 Å². The molecule has 1 aliphatic carbocycles. The standard InChI is InChI=1S/C33H39N7O2S.ClH/c34-25-13-17-39(22-25)33-28-4-2-1-3-5-30(28)38-31-11-6-23(20-29(31)33)24-12-14-36-32(21-24)37-26-7-9-27(10-8-26)43(41,42)40-18-15-35-16-19-40;/h6-12,14,20-21,25,35H,1-5,13,15-19,22,34H2,(H,36,37);1H. The molecular weight excluding hydrogens is 594 g/mol. The van der Waals surface area contributed by atoms with Crippen LogP contribution in [0.3, 0.4) is 0 Å². The molecule has 4 N–H and O–H groups in total. The molecule has 4 aromatic rings. The lowest BCUT2D eigenvalue weighted by atomic mass is 9.97. The fourth-order valence-corrected chi connectivity index (χ4v) is 8.12. The second-order valence-electron chi connectivity index (χ2n) is 11.9. The minimum atomic E-state index is -3.50. The van der Waals surface area contributed by atoms with E-state index in [1.54, 1.807) is 30.5 Å². The summed E-state index contributed by atoms with van der Waals surface area (Å²) in [6.07, 6.45) is 8.59. The molecule has 2 aromatic heterocycles. The van der Waals surface area contributed by atoms with Crippen LogP contribution in [0.5, 0.6) is 0 Å². The average Bonchev–Trinajstić information content (AvgIpc) is 3.32. The van der Waals surface area contributed by atoms with E-state index in [2.05, 4.69) is 38.7 Å². The van der Waals surface area contributed by atoms with Crippen molar-refractivity contribution in [3.8, 4) is 11.1 Å². The Morgan fingerprint density at radius 2 is 1.68 bits per heavy atom. The normalized spacial score (nSPS) is 19.3. The number of aromatic nitrogens is 2. The number of piperazine rings is 1. The van der Waals surface area contributed by atoms with Crippen LogP contribution >= 0.6 is 12.4 Å². The van der Waals surface area contributed by atoms with Crippen molar-refractivity contribution >= 4 is 50.5 Å². The quantitative estimate of drug-likeness (QED) is 0.258. The molecule has 11 heteroatoms. The summed E-state index contributed by atoms with van der Waals surface area (Å²) >= 11 is 0. The van der Waals surface area contributed by atoms with Crippen LogP contribution < -0.4 is 21.3 Å². The number of nitrogens with two attached hydrogens (primary N) is 1. The monoisotopic (exact) mass is 633 g/mol. The zero-order valence-electron chi connectivity index (χ0n) is 24.8. The Hall–Kier alpha value is -3.28. The van der Waals surface area contributed by atoms with Crippen LogP contribution in [0.4, 0.5) is 17.2 Å². The first-order valence-corrected chi connectivity index (χ1v) is 16.9. The number of fused-ring (bicyclic) bond motifs is 2. The third kappa shape index (κ3) is 6.14. The Kier molecular flexibility index (Phi) is 9.07. The largest absolute Gasteiger partial charge is 0.369 e. The number of rotatable bonds is 6. The van der Waals surface area contributed by atoms with Gasteiger partial charge in [0.05, 0.1) is 16.1 Å². The smallest absolute Gasteiger partial charge is 0.243 e. The summed E-state index contributed by atoms with van der Waals surface area (Å²) in [7, 11) is -3.50. The van der Waals surface area contributed by atoms with E-state index in [-0.39, 0.29) is 18.4 Å². The Morgan fingerprint density at radius 1 is 0.909 bits per heavy atom. The van der Waals surface area contributed by atoms with E-state index in [1.807, 2.05) is 12.1 Å². The first-order valence-electron chi connectivity index (χ1n) is 15.5. The minimum Gasteiger partial charge on any atom is -0.369 e. The molecule has 7 rings (SSSR count). The highest BCUT2D eigenvalue weighted by molar-refractivity contribution is 7.89.